The van der Waals surface area contributed by atoms with Gasteiger partial charge >= 0.3 is 6.09 Å². The number of amides is 2. The van der Waals surface area contributed by atoms with Crippen LogP contribution in [0.2, 0.25) is 0 Å². The lowest BCUT2D eigenvalue weighted by molar-refractivity contribution is 0.00631. The molecule has 0 aliphatic heterocycles. The Morgan fingerprint density at radius 1 is 0.885 bits per heavy atom. The molecule has 1 rings (SSSR count). The molecule has 0 aliphatic rings. The number of hydrogen-bond donors (Lipinski definition) is 3. The number of ether oxygens (including phenoxy) is 4. The molecule has 0 radical (unpaired) electrons. The number of hydrogen-bond acceptors (Lipinski definition) is 7. The second kappa shape index (κ2) is 13.9. The van der Waals surface area contributed by atoms with Crippen LogP contribution in [0.1, 0.15) is 10.4 Å². The van der Waals surface area contributed by atoms with Crippen LogP contribution in [-0.4, -0.2) is 76.9 Å². The summed E-state index contributed by atoms with van der Waals surface area (Å²) in [6, 6.07) is 6.01. The fourth-order valence-electron chi connectivity index (χ4n) is 1.76. The quantitative estimate of drug-likeness (QED) is 0.434. The summed E-state index contributed by atoms with van der Waals surface area (Å²) in [5.74, 6) is -0.102. The van der Waals surface area contributed by atoms with Gasteiger partial charge in [-0.15, -0.1) is 0 Å². The first-order valence-electron chi connectivity index (χ1n) is 8.28. The minimum Gasteiger partial charge on any atom is -0.508 e. The van der Waals surface area contributed by atoms with Gasteiger partial charge in [-0.05, 0) is 24.3 Å². The fourth-order valence-corrected chi connectivity index (χ4v) is 1.76. The van der Waals surface area contributed by atoms with Crippen molar-refractivity contribution in [2.45, 2.75) is 0 Å². The van der Waals surface area contributed by atoms with Crippen molar-refractivity contribution in [2.24, 2.45) is 0 Å². The Balaban J connectivity index is 1.85. The van der Waals surface area contributed by atoms with Crippen LogP contribution in [0, 0.1) is 0 Å². The van der Waals surface area contributed by atoms with Crippen molar-refractivity contribution in [1.29, 1.82) is 0 Å². The Labute approximate surface area is 152 Å². The highest BCUT2D eigenvalue weighted by Gasteiger charge is 2.04. The monoisotopic (exact) mass is 370 g/mol. The van der Waals surface area contributed by atoms with Gasteiger partial charge in [-0.1, -0.05) is 0 Å². The number of nitrogens with one attached hydrogen (secondary N) is 2. The molecule has 146 valence electrons. The van der Waals surface area contributed by atoms with Crippen molar-refractivity contribution in [1.82, 2.24) is 10.6 Å². The molecule has 1 aromatic carbocycles. The van der Waals surface area contributed by atoms with Gasteiger partial charge < -0.3 is 34.7 Å². The highest BCUT2D eigenvalue weighted by molar-refractivity contribution is 5.94. The second-order valence-corrected chi connectivity index (χ2v) is 5.03. The molecule has 0 fully saturated rings. The zero-order valence-electron chi connectivity index (χ0n) is 14.9. The van der Waals surface area contributed by atoms with E-state index in [1.54, 1.807) is 12.1 Å². The van der Waals surface area contributed by atoms with Gasteiger partial charge in [-0.2, -0.15) is 0 Å². The van der Waals surface area contributed by atoms with Crippen LogP contribution in [0.4, 0.5) is 4.79 Å². The third-order valence-corrected chi connectivity index (χ3v) is 3.07. The minimum atomic E-state index is -0.485. The first kappa shape index (κ1) is 21.7. The summed E-state index contributed by atoms with van der Waals surface area (Å²) >= 11 is 0. The van der Waals surface area contributed by atoms with Crippen LogP contribution in [0.15, 0.2) is 24.3 Å². The molecule has 0 heterocycles. The minimum absolute atomic E-state index is 0.118. The highest BCUT2D eigenvalue weighted by Crippen LogP contribution is 2.09. The molecular formula is C17H26N2O7. The van der Waals surface area contributed by atoms with Crippen molar-refractivity contribution in [3.05, 3.63) is 29.8 Å². The van der Waals surface area contributed by atoms with E-state index in [9.17, 15) is 9.59 Å². The number of carbonyl (C=O) groups is 2. The SMILES string of the molecule is CNC(=O)OCCOCCOCCOCCNC(=O)c1ccc(O)cc1. The van der Waals surface area contributed by atoms with E-state index in [0.29, 0.717) is 51.7 Å². The van der Waals surface area contributed by atoms with Crippen LogP contribution in [-0.2, 0) is 18.9 Å². The first-order valence-corrected chi connectivity index (χ1v) is 8.28. The molecule has 0 unspecified atom stereocenters. The van der Waals surface area contributed by atoms with E-state index in [0.717, 1.165) is 0 Å². The number of rotatable bonds is 13. The Morgan fingerprint density at radius 2 is 1.42 bits per heavy atom. The molecule has 0 atom stereocenters. The number of aromatic hydroxyl groups is 1. The van der Waals surface area contributed by atoms with Crippen LogP contribution in [0.5, 0.6) is 5.75 Å². The molecule has 0 bridgehead atoms. The molecule has 0 aliphatic carbocycles. The van der Waals surface area contributed by atoms with Crippen LogP contribution >= 0.6 is 0 Å². The lowest BCUT2D eigenvalue weighted by Gasteiger charge is -2.08. The van der Waals surface area contributed by atoms with Crippen LogP contribution in [0.3, 0.4) is 0 Å². The van der Waals surface area contributed by atoms with Crippen molar-refractivity contribution in [2.75, 3.05) is 59.8 Å². The Hall–Kier alpha value is -2.36. The molecule has 0 aromatic heterocycles. The normalized spacial score (nSPS) is 10.3. The van der Waals surface area contributed by atoms with Gasteiger partial charge in [0.2, 0.25) is 0 Å². The van der Waals surface area contributed by atoms with E-state index >= 15 is 0 Å². The molecule has 1 aromatic rings. The molecule has 0 spiro atoms. The average Bonchev–Trinajstić information content (AvgIpc) is 2.65. The molecule has 0 saturated heterocycles. The van der Waals surface area contributed by atoms with Crippen molar-refractivity contribution in [3.8, 4) is 5.75 Å². The highest BCUT2D eigenvalue weighted by atomic mass is 16.6. The Bertz CT molecular complexity index is 522. The topological polar surface area (TPSA) is 115 Å². The zero-order chi connectivity index (χ0) is 19.0. The summed E-state index contributed by atoms with van der Waals surface area (Å²) in [6.45, 7) is 2.92. The number of benzene rings is 1. The van der Waals surface area contributed by atoms with E-state index in [4.69, 9.17) is 24.1 Å². The van der Waals surface area contributed by atoms with E-state index in [1.807, 2.05) is 0 Å². The van der Waals surface area contributed by atoms with E-state index in [2.05, 4.69) is 10.6 Å². The van der Waals surface area contributed by atoms with Gasteiger partial charge in [0.05, 0.1) is 39.6 Å². The molecule has 2 amide bonds. The number of phenolic OH excluding ortho intramolecular Hbond substituents is 1. The van der Waals surface area contributed by atoms with E-state index in [1.165, 1.54) is 19.2 Å². The number of phenols is 1. The second-order valence-electron chi connectivity index (χ2n) is 5.03. The van der Waals surface area contributed by atoms with Gasteiger partial charge in [0, 0.05) is 19.2 Å². The maximum atomic E-state index is 11.8. The summed E-state index contributed by atoms with van der Waals surface area (Å²) in [5.41, 5.74) is 0.479. The lowest BCUT2D eigenvalue weighted by atomic mass is 10.2. The first-order chi connectivity index (χ1) is 12.6. The largest absolute Gasteiger partial charge is 0.508 e. The molecule has 0 saturated carbocycles. The average molecular weight is 370 g/mol. The standard InChI is InChI=1S/C17H26N2O7/c1-18-17(22)26-13-12-25-11-10-24-9-8-23-7-6-19-16(21)14-2-4-15(20)5-3-14/h2-5,20H,6-13H2,1H3,(H,18,22)(H,19,21). The predicted molar refractivity (Wildman–Crippen MR) is 93.3 cm³/mol. The Morgan fingerprint density at radius 3 is 2.00 bits per heavy atom. The van der Waals surface area contributed by atoms with Gasteiger partial charge in [-0.3, -0.25) is 4.79 Å². The molecule has 26 heavy (non-hydrogen) atoms. The third-order valence-electron chi connectivity index (χ3n) is 3.07. The van der Waals surface area contributed by atoms with Gasteiger partial charge in [0.15, 0.2) is 0 Å². The lowest BCUT2D eigenvalue weighted by Crippen LogP contribution is -2.27. The van der Waals surface area contributed by atoms with Crippen LogP contribution in [0.25, 0.3) is 0 Å². The maximum absolute atomic E-state index is 11.8. The van der Waals surface area contributed by atoms with E-state index < -0.39 is 6.09 Å². The molecule has 3 N–H and O–H groups in total. The third kappa shape index (κ3) is 10.5. The smallest absolute Gasteiger partial charge is 0.406 e. The van der Waals surface area contributed by atoms with Crippen molar-refractivity contribution < 1.29 is 33.6 Å². The summed E-state index contributed by atoms with van der Waals surface area (Å²) in [5, 5.41) is 14.2. The summed E-state index contributed by atoms with van der Waals surface area (Å²) < 4.78 is 20.6. The summed E-state index contributed by atoms with van der Waals surface area (Å²) in [4.78, 5) is 22.5. The fraction of sp³-hybridized carbons (Fsp3) is 0.529. The Kier molecular flexibility index (Phi) is 11.6. The van der Waals surface area contributed by atoms with E-state index in [-0.39, 0.29) is 18.3 Å². The van der Waals surface area contributed by atoms with Crippen molar-refractivity contribution >= 4 is 12.0 Å². The predicted octanol–water partition coefficient (Wildman–Crippen LogP) is 0.528. The zero-order valence-corrected chi connectivity index (χ0v) is 14.9. The summed E-state index contributed by atoms with van der Waals surface area (Å²) in [7, 11) is 1.49. The number of carbonyl (C=O) groups excluding carboxylic acids is 2. The van der Waals surface area contributed by atoms with Gasteiger partial charge in [0.25, 0.3) is 5.91 Å². The van der Waals surface area contributed by atoms with Crippen LogP contribution < -0.4 is 10.6 Å². The number of alkyl carbamates (subject to hydrolysis) is 1. The van der Waals surface area contributed by atoms with Gasteiger partial charge in [0.1, 0.15) is 12.4 Å². The van der Waals surface area contributed by atoms with Crippen molar-refractivity contribution in [3.63, 3.8) is 0 Å². The summed E-state index contributed by atoms with van der Waals surface area (Å²) in [6.07, 6.45) is -0.485. The maximum Gasteiger partial charge on any atom is 0.406 e. The molecule has 9 nitrogen and oxygen atoms in total. The van der Waals surface area contributed by atoms with Gasteiger partial charge in [-0.25, -0.2) is 4.79 Å². The molecular weight excluding hydrogens is 344 g/mol. The molecule has 9 heteroatoms.